The van der Waals surface area contributed by atoms with Gasteiger partial charge in [-0.15, -0.1) is 0 Å². The van der Waals surface area contributed by atoms with Crippen LogP contribution in [-0.4, -0.2) is 41.6 Å². The van der Waals surface area contributed by atoms with Crippen molar-refractivity contribution in [3.05, 3.63) is 0 Å². The summed E-state index contributed by atoms with van der Waals surface area (Å²) in [5.74, 6) is -1.02. The van der Waals surface area contributed by atoms with E-state index in [0.717, 1.165) is 12.8 Å². The van der Waals surface area contributed by atoms with E-state index in [-0.39, 0.29) is 12.6 Å². The number of carbonyl (C=O) groups excluding carboxylic acids is 1. The van der Waals surface area contributed by atoms with E-state index in [1.54, 1.807) is 4.90 Å². The summed E-state index contributed by atoms with van der Waals surface area (Å²) in [6, 6.07) is -0.295. The Hall–Kier alpha value is -1.26. The molecular weight excluding hydrogens is 184 g/mol. The van der Waals surface area contributed by atoms with Gasteiger partial charge in [0.15, 0.2) is 0 Å². The minimum Gasteiger partial charge on any atom is -0.480 e. The second-order valence-corrected chi connectivity index (χ2v) is 3.04. The minimum atomic E-state index is -1.02. The average Bonchev–Trinajstić information content (AvgIpc) is 2.14. The average molecular weight is 202 g/mol. The van der Waals surface area contributed by atoms with Gasteiger partial charge in [-0.3, -0.25) is 4.79 Å². The molecule has 0 spiro atoms. The summed E-state index contributed by atoms with van der Waals surface area (Å²) in [6.07, 6.45) is 1.75. The lowest BCUT2D eigenvalue weighted by molar-refractivity contribution is -0.135. The second kappa shape index (κ2) is 7.17. The Kier molecular flexibility index (Phi) is 6.53. The van der Waals surface area contributed by atoms with Crippen molar-refractivity contribution in [2.75, 3.05) is 19.6 Å². The van der Waals surface area contributed by atoms with Gasteiger partial charge in [0, 0.05) is 13.1 Å². The van der Waals surface area contributed by atoms with E-state index in [9.17, 15) is 9.59 Å². The van der Waals surface area contributed by atoms with Gasteiger partial charge in [-0.2, -0.15) is 0 Å². The van der Waals surface area contributed by atoms with Gasteiger partial charge in [0.25, 0.3) is 0 Å². The van der Waals surface area contributed by atoms with Crippen molar-refractivity contribution in [2.24, 2.45) is 0 Å². The number of urea groups is 1. The number of hydrogen-bond acceptors (Lipinski definition) is 2. The van der Waals surface area contributed by atoms with Crippen LogP contribution in [0.4, 0.5) is 4.79 Å². The van der Waals surface area contributed by atoms with E-state index >= 15 is 0 Å². The van der Waals surface area contributed by atoms with Gasteiger partial charge < -0.3 is 15.3 Å². The molecule has 0 rings (SSSR count). The van der Waals surface area contributed by atoms with E-state index in [1.165, 1.54) is 0 Å². The summed E-state index contributed by atoms with van der Waals surface area (Å²) in [6.45, 7) is 4.97. The number of amides is 2. The van der Waals surface area contributed by atoms with Crippen LogP contribution in [0, 0.1) is 0 Å². The lowest BCUT2D eigenvalue weighted by Gasteiger charge is -2.21. The number of carboxylic acid groups (broad SMARTS) is 1. The molecule has 5 nitrogen and oxygen atoms in total. The maximum atomic E-state index is 11.4. The smallest absolute Gasteiger partial charge is 0.323 e. The Morgan fingerprint density at radius 2 is 1.71 bits per heavy atom. The van der Waals surface area contributed by atoms with Crippen molar-refractivity contribution in [1.29, 1.82) is 0 Å². The van der Waals surface area contributed by atoms with Crippen LogP contribution in [0.1, 0.15) is 26.7 Å². The molecule has 0 atom stereocenters. The van der Waals surface area contributed by atoms with Crippen molar-refractivity contribution < 1.29 is 14.7 Å². The maximum Gasteiger partial charge on any atom is 0.323 e. The Labute approximate surface area is 84.1 Å². The normalized spacial score (nSPS) is 9.57. The Balaban J connectivity index is 3.94. The van der Waals surface area contributed by atoms with Gasteiger partial charge >= 0.3 is 12.0 Å². The van der Waals surface area contributed by atoms with Crippen molar-refractivity contribution in [1.82, 2.24) is 10.2 Å². The monoisotopic (exact) mass is 202 g/mol. The highest BCUT2D eigenvalue weighted by Crippen LogP contribution is 1.94. The highest BCUT2D eigenvalue weighted by atomic mass is 16.4. The highest BCUT2D eigenvalue weighted by molar-refractivity contribution is 5.79. The standard InChI is InChI=1S/C9H18N2O3/c1-3-5-11(6-4-2)9(14)10-7-8(12)13/h3-7H2,1-2H3,(H,10,14)(H,12,13). The molecule has 2 N–H and O–H groups in total. The van der Waals surface area contributed by atoms with Crippen LogP contribution in [0.25, 0.3) is 0 Å². The zero-order valence-electron chi connectivity index (χ0n) is 8.75. The fourth-order valence-electron chi connectivity index (χ4n) is 1.12. The van der Waals surface area contributed by atoms with Crippen LogP contribution in [0.2, 0.25) is 0 Å². The molecule has 0 aromatic heterocycles. The number of nitrogens with zero attached hydrogens (tertiary/aromatic N) is 1. The third kappa shape index (κ3) is 5.40. The van der Waals surface area contributed by atoms with Gasteiger partial charge in [-0.05, 0) is 12.8 Å². The van der Waals surface area contributed by atoms with Gasteiger partial charge in [0.2, 0.25) is 0 Å². The number of carboxylic acids is 1. The lowest BCUT2D eigenvalue weighted by Crippen LogP contribution is -2.42. The summed E-state index contributed by atoms with van der Waals surface area (Å²) >= 11 is 0. The van der Waals surface area contributed by atoms with E-state index in [1.807, 2.05) is 13.8 Å². The molecule has 0 radical (unpaired) electrons. The van der Waals surface area contributed by atoms with Gasteiger partial charge in [-0.1, -0.05) is 13.8 Å². The van der Waals surface area contributed by atoms with Crippen LogP contribution >= 0.6 is 0 Å². The van der Waals surface area contributed by atoms with Crippen molar-refractivity contribution in [3.8, 4) is 0 Å². The van der Waals surface area contributed by atoms with E-state index < -0.39 is 5.97 Å². The molecule has 5 heteroatoms. The molecule has 0 aromatic rings. The van der Waals surface area contributed by atoms with E-state index in [0.29, 0.717) is 13.1 Å². The van der Waals surface area contributed by atoms with E-state index in [4.69, 9.17) is 5.11 Å². The summed E-state index contributed by atoms with van der Waals surface area (Å²) in [5, 5.41) is 10.7. The van der Waals surface area contributed by atoms with Crippen LogP contribution < -0.4 is 5.32 Å². The number of hydrogen-bond donors (Lipinski definition) is 2. The molecule has 14 heavy (non-hydrogen) atoms. The maximum absolute atomic E-state index is 11.4. The van der Waals surface area contributed by atoms with E-state index in [2.05, 4.69) is 5.32 Å². The predicted octanol–water partition coefficient (Wildman–Crippen LogP) is 0.903. The number of nitrogens with one attached hydrogen (secondary N) is 1. The number of aliphatic carboxylic acids is 1. The summed E-state index contributed by atoms with van der Waals surface area (Å²) in [7, 11) is 0. The third-order valence-corrected chi connectivity index (χ3v) is 1.67. The molecule has 0 aliphatic heterocycles. The Bertz CT molecular complexity index is 188. The molecule has 0 unspecified atom stereocenters. The molecule has 82 valence electrons. The topological polar surface area (TPSA) is 69.6 Å². The molecule has 0 aliphatic carbocycles. The van der Waals surface area contributed by atoms with Crippen LogP contribution in [0.3, 0.4) is 0 Å². The molecule has 0 saturated carbocycles. The summed E-state index contributed by atoms with van der Waals surface area (Å²) in [5.41, 5.74) is 0. The van der Waals surface area contributed by atoms with Crippen LogP contribution in [-0.2, 0) is 4.79 Å². The zero-order valence-corrected chi connectivity index (χ0v) is 8.75. The SMILES string of the molecule is CCCN(CCC)C(=O)NCC(=O)O. The molecular formula is C9H18N2O3. The first kappa shape index (κ1) is 12.7. The third-order valence-electron chi connectivity index (χ3n) is 1.67. The highest BCUT2D eigenvalue weighted by Gasteiger charge is 2.11. The molecule has 0 bridgehead atoms. The molecule has 0 aliphatic rings. The summed E-state index contributed by atoms with van der Waals surface area (Å²) < 4.78 is 0. The first-order valence-corrected chi connectivity index (χ1v) is 4.86. The Morgan fingerprint density at radius 1 is 1.21 bits per heavy atom. The number of carbonyl (C=O) groups is 2. The zero-order chi connectivity index (χ0) is 11.0. The molecule has 0 fully saturated rings. The van der Waals surface area contributed by atoms with Gasteiger partial charge in [0.05, 0.1) is 0 Å². The predicted molar refractivity (Wildman–Crippen MR) is 53.2 cm³/mol. The molecule has 0 heterocycles. The van der Waals surface area contributed by atoms with Gasteiger partial charge in [0.1, 0.15) is 6.54 Å². The second-order valence-electron chi connectivity index (χ2n) is 3.04. The quantitative estimate of drug-likeness (QED) is 0.672. The summed E-state index contributed by atoms with van der Waals surface area (Å²) in [4.78, 5) is 23.2. The first-order valence-electron chi connectivity index (χ1n) is 4.86. The molecule has 0 saturated heterocycles. The fraction of sp³-hybridized carbons (Fsp3) is 0.778. The number of rotatable bonds is 6. The van der Waals surface area contributed by atoms with Crippen molar-refractivity contribution in [2.45, 2.75) is 26.7 Å². The molecule has 0 aromatic carbocycles. The van der Waals surface area contributed by atoms with Crippen molar-refractivity contribution in [3.63, 3.8) is 0 Å². The lowest BCUT2D eigenvalue weighted by atomic mass is 10.4. The minimum absolute atomic E-state index is 0.295. The van der Waals surface area contributed by atoms with Gasteiger partial charge in [-0.25, -0.2) is 4.79 Å². The van der Waals surface area contributed by atoms with Crippen LogP contribution in [0.5, 0.6) is 0 Å². The fourth-order valence-corrected chi connectivity index (χ4v) is 1.12. The van der Waals surface area contributed by atoms with Crippen molar-refractivity contribution >= 4 is 12.0 Å². The first-order chi connectivity index (χ1) is 6.61. The molecule has 2 amide bonds. The van der Waals surface area contributed by atoms with Crippen LogP contribution in [0.15, 0.2) is 0 Å². The Morgan fingerprint density at radius 3 is 2.07 bits per heavy atom. The largest absolute Gasteiger partial charge is 0.480 e.